The Labute approximate surface area is 75.0 Å². The van der Waals surface area contributed by atoms with E-state index in [2.05, 4.69) is 0 Å². The van der Waals surface area contributed by atoms with E-state index in [-0.39, 0.29) is 0 Å². The number of hydrogen-bond acceptors (Lipinski definition) is 2. The molecule has 0 amide bonds. The first-order chi connectivity index (χ1) is 5.36. The fourth-order valence-corrected chi connectivity index (χ4v) is 1.84. The second-order valence-electron chi connectivity index (χ2n) is 2.21. The predicted molar refractivity (Wildman–Crippen MR) is 48.7 cm³/mol. The van der Waals surface area contributed by atoms with E-state index in [0.717, 1.165) is 24.0 Å². The third-order valence-corrected chi connectivity index (χ3v) is 2.69. The Hall–Kier alpha value is -0.340. The molecular formula is C8H9ClOS. The van der Waals surface area contributed by atoms with Crippen molar-refractivity contribution in [2.24, 2.45) is 0 Å². The highest BCUT2D eigenvalue weighted by molar-refractivity contribution is 7.13. The van der Waals surface area contributed by atoms with E-state index in [1.54, 1.807) is 11.3 Å². The maximum atomic E-state index is 10.3. The van der Waals surface area contributed by atoms with Crippen LogP contribution in [0.2, 0.25) is 0 Å². The van der Waals surface area contributed by atoms with Crippen LogP contribution in [0.25, 0.3) is 0 Å². The Balaban J connectivity index is 2.51. The van der Waals surface area contributed by atoms with E-state index in [1.165, 1.54) is 4.88 Å². The van der Waals surface area contributed by atoms with Gasteiger partial charge in [0.25, 0.3) is 0 Å². The summed E-state index contributed by atoms with van der Waals surface area (Å²) >= 11 is 7.07. The second kappa shape index (κ2) is 4.52. The lowest BCUT2D eigenvalue weighted by Crippen LogP contribution is -1.79. The van der Waals surface area contributed by atoms with Gasteiger partial charge in [-0.25, -0.2) is 0 Å². The molecule has 0 aromatic carbocycles. The van der Waals surface area contributed by atoms with Crippen molar-refractivity contribution in [2.75, 3.05) is 5.88 Å². The summed E-state index contributed by atoms with van der Waals surface area (Å²) in [7, 11) is 0. The third kappa shape index (κ3) is 2.64. The maximum Gasteiger partial charge on any atom is 0.160 e. The van der Waals surface area contributed by atoms with Gasteiger partial charge in [0.15, 0.2) is 6.29 Å². The number of rotatable bonds is 4. The van der Waals surface area contributed by atoms with Gasteiger partial charge >= 0.3 is 0 Å². The highest BCUT2D eigenvalue weighted by atomic mass is 35.5. The minimum atomic E-state index is 0.689. The number of alkyl halides is 1. The molecule has 0 bridgehead atoms. The SMILES string of the molecule is O=Cc1ccc(CCCCl)s1. The molecule has 60 valence electrons. The van der Waals surface area contributed by atoms with Crippen molar-refractivity contribution in [3.8, 4) is 0 Å². The lowest BCUT2D eigenvalue weighted by molar-refractivity contribution is 0.112. The van der Waals surface area contributed by atoms with Gasteiger partial charge in [0.05, 0.1) is 4.88 Å². The van der Waals surface area contributed by atoms with Crippen molar-refractivity contribution in [3.05, 3.63) is 21.9 Å². The summed E-state index contributed by atoms with van der Waals surface area (Å²) in [5.74, 6) is 0.689. The predicted octanol–water partition coefficient (Wildman–Crippen LogP) is 2.73. The lowest BCUT2D eigenvalue weighted by atomic mass is 10.3. The van der Waals surface area contributed by atoms with Crippen LogP contribution < -0.4 is 0 Å². The van der Waals surface area contributed by atoms with Crippen molar-refractivity contribution in [1.29, 1.82) is 0 Å². The molecule has 0 N–H and O–H groups in total. The highest BCUT2D eigenvalue weighted by Crippen LogP contribution is 2.16. The summed E-state index contributed by atoms with van der Waals surface area (Å²) in [6.07, 6.45) is 2.86. The van der Waals surface area contributed by atoms with Crippen LogP contribution in [0.15, 0.2) is 12.1 Å². The van der Waals surface area contributed by atoms with Gasteiger partial charge in [-0.15, -0.1) is 22.9 Å². The molecule has 0 saturated carbocycles. The van der Waals surface area contributed by atoms with Crippen LogP contribution >= 0.6 is 22.9 Å². The maximum absolute atomic E-state index is 10.3. The van der Waals surface area contributed by atoms with Crippen LogP contribution in [-0.4, -0.2) is 12.2 Å². The lowest BCUT2D eigenvalue weighted by Gasteiger charge is -1.89. The molecule has 0 aliphatic carbocycles. The van der Waals surface area contributed by atoms with Gasteiger partial charge in [0.1, 0.15) is 0 Å². The smallest absolute Gasteiger partial charge is 0.160 e. The standard InChI is InChI=1S/C8H9ClOS/c9-5-1-2-7-3-4-8(6-10)11-7/h3-4,6H,1-2,5H2. The van der Waals surface area contributed by atoms with E-state index >= 15 is 0 Å². The van der Waals surface area contributed by atoms with Crippen molar-refractivity contribution >= 4 is 29.2 Å². The van der Waals surface area contributed by atoms with E-state index in [4.69, 9.17) is 11.6 Å². The van der Waals surface area contributed by atoms with Gasteiger partial charge in [-0.2, -0.15) is 0 Å². The van der Waals surface area contributed by atoms with Crippen LogP contribution in [-0.2, 0) is 6.42 Å². The zero-order chi connectivity index (χ0) is 8.10. The topological polar surface area (TPSA) is 17.1 Å². The minimum Gasteiger partial charge on any atom is -0.297 e. The molecule has 1 heterocycles. The fraction of sp³-hybridized carbons (Fsp3) is 0.375. The number of aldehydes is 1. The zero-order valence-corrected chi connectivity index (χ0v) is 7.62. The van der Waals surface area contributed by atoms with Crippen LogP contribution in [0.3, 0.4) is 0 Å². The Bertz CT molecular complexity index is 232. The van der Waals surface area contributed by atoms with Gasteiger partial charge in [0.2, 0.25) is 0 Å². The molecule has 0 radical (unpaired) electrons. The van der Waals surface area contributed by atoms with Crippen LogP contribution in [0.1, 0.15) is 21.0 Å². The Morgan fingerprint density at radius 2 is 2.36 bits per heavy atom. The first-order valence-corrected chi connectivity index (χ1v) is 4.82. The molecule has 1 aromatic heterocycles. The van der Waals surface area contributed by atoms with Crippen LogP contribution in [0.5, 0.6) is 0 Å². The summed E-state index contributed by atoms with van der Waals surface area (Å²) < 4.78 is 0. The summed E-state index contributed by atoms with van der Waals surface area (Å²) in [5.41, 5.74) is 0. The average Bonchev–Trinajstić information content (AvgIpc) is 2.48. The van der Waals surface area contributed by atoms with E-state index in [9.17, 15) is 4.79 Å². The monoisotopic (exact) mass is 188 g/mol. The normalized spacial score (nSPS) is 9.91. The van der Waals surface area contributed by atoms with Crippen molar-refractivity contribution < 1.29 is 4.79 Å². The molecule has 1 nitrogen and oxygen atoms in total. The molecule has 1 rings (SSSR count). The van der Waals surface area contributed by atoms with Gasteiger partial charge in [-0.3, -0.25) is 4.79 Å². The first kappa shape index (κ1) is 8.75. The number of thiophene rings is 1. The van der Waals surface area contributed by atoms with Gasteiger partial charge in [-0.1, -0.05) is 0 Å². The second-order valence-corrected chi connectivity index (χ2v) is 3.79. The van der Waals surface area contributed by atoms with Crippen molar-refractivity contribution in [2.45, 2.75) is 12.8 Å². The Kier molecular flexibility index (Phi) is 3.60. The summed E-state index contributed by atoms with van der Waals surface area (Å²) in [6.45, 7) is 0. The quantitative estimate of drug-likeness (QED) is 0.525. The van der Waals surface area contributed by atoms with Gasteiger partial charge in [-0.05, 0) is 25.0 Å². The van der Waals surface area contributed by atoms with Crippen LogP contribution in [0, 0.1) is 0 Å². The van der Waals surface area contributed by atoms with E-state index in [1.807, 2.05) is 12.1 Å². The van der Waals surface area contributed by atoms with E-state index in [0.29, 0.717) is 5.88 Å². The largest absolute Gasteiger partial charge is 0.297 e. The zero-order valence-electron chi connectivity index (χ0n) is 6.05. The van der Waals surface area contributed by atoms with Gasteiger partial charge in [0, 0.05) is 10.8 Å². The number of halogens is 1. The average molecular weight is 189 g/mol. The highest BCUT2D eigenvalue weighted by Gasteiger charge is 1.97. The third-order valence-electron chi connectivity index (χ3n) is 1.36. The number of carbonyl (C=O) groups is 1. The number of hydrogen-bond donors (Lipinski definition) is 0. The van der Waals surface area contributed by atoms with E-state index < -0.39 is 0 Å². The molecule has 0 unspecified atom stereocenters. The van der Waals surface area contributed by atoms with Crippen molar-refractivity contribution in [1.82, 2.24) is 0 Å². The molecular weight excluding hydrogens is 180 g/mol. The number of carbonyl (C=O) groups excluding carboxylic acids is 1. The molecule has 0 atom stereocenters. The molecule has 0 fully saturated rings. The molecule has 1 aromatic rings. The molecule has 0 aliphatic heterocycles. The molecule has 0 spiro atoms. The van der Waals surface area contributed by atoms with Crippen LogP contribution in [0.4, 0.5) is 0 Å². The Morgan fingerprint density at radius 3 is 2.91 bits per heavy atom. The molecule has 11 heavy (non-hydrogen) atoms. The van der Waals surface area contributed by atoms with Gasteiger partial charge < -0.3 is 0 Å². The molecule has 0 saturated heterocycles. The summed E-state index contributed by atoms with van der Waals surface area (Å²) in [4.78, 5) is 12.3. The minimum absolute atomic E-state index is 0.689. The molecule has 3 heteroatoms. The summed E-state index contributed by atoms with van der Waals surface area (Å²) in [5, 5.41) is 0. The summed E-state index contributed by atoms with van der Waals surface area (Å²) in [6, 6.07) is 3.84. The fourth-order valence-electron chi connectivity index (χ4n) is 0.833. The Morgan fingerprint density at radius 1 is 1.55 bits per heavy atom. The molecule has 0 aliphatic rings. The first-order valence-electron chi connectivity index (χ1n) is 3.46. The van der Waals surface area contributed by atoms with Crippen molar-refractivity contribution in [3.63, 3.8) is 0 Å². The number of aryl methyl sites for hydroxylation is 1.